The van der Waals surface area contributed by atoms with Crippen molar-refractivity contribution in [2.45, 2.75) is 39.3 Å². The van der Waals surface area contributed by atoms with E-state index in [2.05, 4.69) is 22.5 Å². The number of nitrogens with two attached hydrogens (primary N) is 1. The molecule has 0 fully saturated rings. The number of nitrogens with one attached hydrogen (secondary N) is 1. The van der Waals surface area contributed by atoms with Gasteiger partial charge in [-0.1, -0.05) is 37.3 Å². The highest BCUT2D eigenvalue weighted by molar-refractivity contribution is 5.95. The molecule has 0 bridgehead atoms. The lowest BCUT2D eigenvalue weighted by Crippen LogP contribution is -2.29. The first kappa shape index (κ1) is 16.2. The van der Waals surface area contributed by atoms with E-state index in [1.807, 2.05) is 36.7 Å². The van der Waals surface area contributed by atoms with Crippen LogP contribution in [0.3, 0.4) is 0 Å². The highest BCUT2D eigenvalue weighted by Crippen LogP contribution is 2.12. The average Bonchev–Trinajstić information content (AvgIpc) is 2.90. The van der Waals surface area contributed by atoms with Gasteiger partial charge in [0, 0.05) is 12.6 Å². The van der Waals surface area contributed by atoms with E-state index in [9.17, 15) is 4.79 Å². The van der Waals surface area contributed by atoms with E-state index in [4.69, 9.17) is 5.73 Å². The van der Waals surface area contributed by atoms with Gasteiger partial charge in [0.1, 0.15) is 0 Å². The van der Waals surface area contributed by atoms with E-state index in [0.717, 1.165) is 18.5 Å². The minimum Gasteiger partial charge on any atom is -0.352 e. The number of aromatic nitrogens is 2. The van der Waals surface area contributed by atoms with Gasteiger partial charge >= 0.3 is 0 Å². The summed E-state index contributed by atoms with van der Waals surface area (Å²) in [6, 6.07) is 10.2. The fourth-order valence-electron chi connectivity index (χ4n) is 2.37. The summed E-state index contributed by atoms with van der Waals surface area (Å²) in [5.41, 5.74) is 8.48. The number of carbonyl (C=O) groups is 1. The molecule has 0 aliphatic rings. The maximum Gasteiger partial charge on any atom is 0.254 e. The molecule has 22 heavy (non-hydrogen) atoms. The second-order valence-corrected chi connectivity index (χ2v) is 5.52. The molecular weight excluding hydrogens is 276 g/mol. The third kappa shape index (κ3) is 4.18. The summed E-state index contributed by atoms with van der Waals surface area (Å²) < 4.78 is 1.90. The SMILES string of the molecule is CCc1c(C(=O)NCCC(C)N)cnn1Cc1ccccc1. The van der Waals surface area contributed by atoms with Crippen LogP contribution in [0.25, 0.3) is 0 Å². The maximum absolute atomic E-state index is 12.3. The molecule has 0 saturated heterocycles. The number of rotatable bonds is 7. The average molecular weight is 300 g/mol. The van der Waals surface area contributed by atoms with Crippen LogP contribution in [0.1, 0.15) is 41.9 Å². The Balaban J connectivity index is 2.08. The lowest BCUT2D eigenvalue weighted by Gasteiger charge is -2.09. The summed E-state index contributed by atoms with van der Waals surface area (Å²) in [6.45, 7) is 5.24. The van der Waals surface area contributed by atoms with E-state index in [1.54, 1.807) is 6.20 Å². The van der Waals surface area contributed by atoms with Crippen LogP contribution in [0.15, 0.2) is 36.5 Å². The molecule has 2 aromatic rings. The Labute approximate surface area is 131 Å². The molecule has 3 N–H and O–H groups in total. The molecule has 0 saturated carbocycles. The first-order valence-corrected chi connectivity index (χ1v) is 7.74. The van der Waals surface area contributed by atoms with E-state index in [-0.39, 0.29) is 11.9 Å². The number of nitrogens with zero attached hydrogens (tertiary/aromatic N) is 2. The number of hydrogen-bond acceptors (Lipinski definition) is 3. The van der Waals surface area contributed by atoms with Crippen molar-refractivity contribution >= 4 is 5.91 Å². The first-order valence-electron chi connectivity index (χ1n) is 7.74. The zero-order valence-electron chi connectivity index (χ0n) is 13.2. The van der Waals surface area contributed by atoms with Crippen LogP contribution < -0.4 is 11.1 Å². The van der Waals surface area contributed by atoms with Crippen molar-refractivity contribution < 1.29 is 4.79 Å². The fraction of sp³-hybridized carbons (Fsp3) is 0.412. The summed E-state index contributed by atoms with van der Waals surface area (Å²) in [7, 11) is 0. The maximum atomic E-state index is 12.3. The Bertz CT molecular complexity index is 604. The molecular formula is C17H24N4O. The predicted octanol–water partition coefficient (Wildman–Crippen LogP) is 1.96. The van der Waals surface area contributed by atoms with Crippen molar-refractivity contribution in [2.24, 2.45) is 5.73 Å². The van der Waals surface area contributed by atoms with Crippen LogP contribution in [0.4, 0.5) is 0 Å². The third-order valence-electron chi connectivity index (χ3n) is 3.59. The fourth-order valence-corrected chi connectivity index (χ4v) is 2.37. The largest absolute Gasteiger partial charge is 0.352 e. The molecule has 1 aromatic heterocycles. The third-order valence-corrected chi connectivity index (χ3v) is 3.59. The Morgan fingerprint density at radius 2 is 2.09 bits per heavy atom. The molecule has 1 unspecified atom stereocenters. The summed E-state index contributed by atoms with van der Waals surface area (Å²) in [5.74, 6) is -0.0724. The zero-order chi connectivity index (χ0) is 15.9. The van der Waals surface area contributed by atoms with Crippen molar-refractivity contribution in [2.75, 3.05) is 6.54 Å². The summed E-state index contributed by atoms with van der Waals surface area (Å²) in [4.78, 5) is 12.3. The molecule has 0 spiro atoms. The van der Waals surface area contributed by atoms with Gasteiger partial charge in [-0.3, -0.25) is 9.48 Å². The first-order chi connectivity index (χ1) is 10.6. The van der Waals surface area contributed by atoms with Gasteiger partial charge in [-0.25, -0.2) is 0 Å². The molecule has 1 atom stereocenters. The number of benzene rings is 1. The Morgan fingerprint density at radius 3 is 2.73 bits per heavy atom. The van der Waals surface area contributed by atoms with Gasteiger partial charge in [0.05, 0.1) is 24.0 Å². The van der Waals surface area contributed by atoms with E-state index in [1.165, 1.54) is 5.56 Å². The van der Waals surface area contributed by atoms with Gasteiger partial charge in [0.2, 0.25) is 0 Å². The van der Waals surface area contributed by atoms with Crippen LogP contribution in [-0.2, 0) is 13.0 Å². The number of hydrogen-bond donors (Lipinski definition) is 2. The van der Waals surface area contributed by atoms with Crippen molar-refractivity contribution in [3.8, 4) is 0 Å². The van der Waals surface area contributed by atoms with Crippen molar-refractivity contribution in [3.05, 3.63) is 53.3 Å². The van der Waals surface area contributed by atoms with Gasteiger partial charge < -0.3 is 11.1 Å². The van der Waals surface area contributed by atoms with Crippen molar-refractivity contribution in [3.63, 3.8) is 0 Å². The molecule has 0 aliphatic heterocycles. The molecule has 5 nitrogen and oxygen atoms in total. The van der Waals surface area contributed by atoms with Crippen LogP contribution >= 0.6 is 0 Å². The molecule has 1 aromatic carbocycles. The lowest BCUT2D eigenvalue weighted by molar-refractivity contribution is 0.0951. The molecule has 0 aliphatic carbocycles. The van der Waals surface area contributed by atoms with E-state index >= 15 is 0 Å². The van der Waals surface area contributed by atoms with Gasteiger partial charge in [-0.15, -0.1) is 0 Å². The Hall–Kier alpha value is -2.14. The normalized spacial score (nSPS) is 12.1. The van der Waals surface area contributed by atoms with Gasteiger partial charge in [0.25, 0.3) is 5.91 Å². The number of carbonyl (C=O) groups excluding carboxylic acids is 1. The molecule has 1 heterocycles. The second kappa shape index (κ2) is 7.75. The minimum absolute atomic E-state index is 0.0724. The molecule has 5 heteroatoms. The molecule has 2 rings (SSSR count). The monoisotopic (exact) mass is 300 g/mol. The summed E-state index contributed by atoms with van der Waals surface area (Å²) in [5, 5.41) is 7.29. The van der Waals surface area contributed by atoms with Crippen molar-refractivity contribution in [1.82, 2.24) is 15.1 Å². The standard InChI is InChI=1S/C17H24N4O/c1-3-16-15(17(22)19-10-9-13(2)18)11-20-21(16)12-14-7-5-4-6-8-14/h4-8,11,13H,3,9-10,12,18H2,1-2H3,(H,19,22). The van der Waals surface area contributed by atoms with Crippen LogP contribution in [0.2, 0.25) is 0 Å². The van der Waals surface area contributed by atoms with Crippen LogP contribution in [0.5, 0.6) is 0 Å². The van der Waals surface area contributed by atoms with Gasteiger partial charge in [0.15, 0.2) is 0 Å². The Kier molecular flexibility index (Phi) is 5.72. The van der Waals surface area contributed by atoms with Crippen molar-refractivity contribution in [1.29, 1.82) is 0 Å². The Morgan fingerprint density at radius 1 is 1.36 bits per heavy atom. The van der Waals surface area contributed by atoms with Gasteiger partial charge in [-0.05, 0) is 25.3 Å². The quantitative estimate of drug-likeness (QED) is 0.821. The summed E-state index contributed by atoms with van der Waals surface area (Å²) in [6.07, 6.45) is 3.19. The van der Waals surface area contributed by atoms with E-state index < -0.39 is 0 Å². The highest BCUT2D eigenvalue weighted by atomic mass is 16.1. The van der Waals surface area contributed by atoms with Crippen LogP contribution in [-0.4, -0.2) is 28.3 Å². The number of amides is 1. The summed E-state index contributed by atoms with van der Waals surface area (Å²) >= 11 is 0. The second-order valence-electron chi connectivity index (χ2n) is 5.52. The van der Waals surface area contributed by atoms with Gasteiger partial charge in [-0.2, -0.15) is 5.10 Å². The highest BCUT2D eigenvalue weighted by Gasteiger charge is 2.16. The molecule has 0 radical (unpaired) electrons. The predicted molar refractivity (Wildman–Crippen MR) is 87.7 cm³/mol. The zero-order valence-corrected chi connectivity index (χ0v) is 13.2. The topological polar surface area (TPSA) is 72.9 Å². The molecule has 1 amide bonds. The lowest BCUT2D eigenvalue weighted by atomic mass is 10.1. The van der Waals surface area contributed by atoms with Crippen LogP contribution in [0, 0.1) is 0 Å². The van der Waals surface area contributed by atoms with E-state index in [0.29, 0.717) is 18.7 Å². The smallest absolute Gasteiger partial charge is 0.254 e. The molecule has 118 valence electrons. The minimum atomic E-state index is -0.0724.